The third-order valence-electron chi connectivity index (χ3n) is 4.59. The molecule has 1 atom stereocenters. The Labute approximate surface area is 177 Å². The molecule has 7 nitrogen and oxygen atoms in total. The van der Waals surface area contributed by atoms with Crippen molar-refractivity contribution < 1.29 is 9.53 Å². The van der Waals surface area contributed by atoms with Crippen LogP contribution in [-0.4, -0.2) is 33.3 Å². The Morgan fingerprint density at radius 3 is 2.83 bits per heavy atom. The molecule has 0 aliphatic rings. The van der Waals surface area contributed by atoms with Gasteiger partial charge in [0, 0.05) is 17.4 Å². The smallest absolute Gasteiger partial charge is 0.278 e. The van der Waals surface area contributed by atoms with Gasteiger partial charge >= 0.3 is 0 Å². The van der Waals surface area contributed by atoms with Crippen LogP contribution in [0.15, 0.2) is 34.2 Å². The van der Waals surface area contributed by atoms with Gasteiger partial charge in [0.2, 0.25) is 5.91 Å². The Morgan fingerprint density at radius 1 is 1.41 bits per heavy atom. The highest BCUT2D eigenvalue weighted by atomic mass is 35.5. The number of fused-ring (bicyclic) bond motifs is 1. The number of thioether (sulfide) groups is 1. The maximum Gasteiger partial charge on any atom is 0.278 e. The van der Waals surface area contributed by atoms with Gasteiger partial charge in [-0.1, -0.05) is 30.3 Å². The highest BCUT2D eigenvalue weighted by molar-refractivity contribution is 7.99. The molecule has 0 radical (unpaired) electrons. The summed E-state index contributed by atoms with van der Waals surface area (Å²) in [7, 11) is 1.53. The summed E-state index contributed by atoms with van der Waals surface area (Å²) in [6, 6.07) is 6.84. The standard InChI is InChI=1S/C20H23ClN4O3S/c1-5-12(3)25-19(27)18-15(8-11(2)22-18)24-20(25)29-10-17(26)23-13-6-7-16(28-4)14(21)9-13/h6-9,12,22H,5,10H2,1-4H3,(H,23,26). The zero-order chi connectivity index (χ0) is 21.1. The van der Waals surface area contributed by atoms with Crippen molar-refractivity contribution in [1.29, 1.82) is 0 Å². The number of hydrogen-bond acceptors (Lipinski definition) is 5. The maximum absolute atomic E-state index is 12.9. The number of nitrogens with zero attached hydrogens (tertiary/aromatic N) is 2. The average molecular weight is 435 g/mol. The van der Waals surface area contributed by atoms with E-state index < -0.39 is 0 Å². The second-order valence-corrected chi connectivity index (χ2v) is 8.08. The fourth-order valence-corrected chi connectivity index (χ4v) is 4.09. The molecule has 29 heavy (non-hydrogen) atoms. The molecule has 0 aliphatic carbocycles. The molecule has 0 saturated carbocycles. The maximum atomic E-state index is 12.9. The highest BCUT2D eigenvalue weighted by Crippen LogP contribution is 2.28. The molecule has 9 heteroatoms. The summed E-state index contributed by atoms with van der Waals surface area (Å²) in [4.78, 5) is 33.1. The number of nitrogens with one attached hydrogen (secondary N) is 2. The van der Waals surface area contributed by atoms with Gasteiger partial charge in [-0.3, -0.25) is 14.2 Å². The monoisotopic (exact) mass is 434 g/mol. The van der Waals surface area contributed by atoms with Crippen molar-refractivity contribution in [2.75, 3.05) is 18.2 Å². The molecule has 0 aliphatic heterocycles. The Balaban J connectivity index is 1.81. The molecule has 2 aromatic heterocycles. The lowest BCUT2D eigenvalue weighted by molar-refractivity contribution is -0.113. The number of aromatic amines is 1. The van der Waals surface area contributed by atoms with E-state index in [0.717, 1.165) is 12.1 Å². The van der Waals surface area contributed by atoms with Crippen molar-refractivity contribution in [2.24, 2.45) is 0 Å². The molecule has 154 valence electrons. The fraction of sp³-hybridized carbons (Fsp3) is 0.350. The van der Waals surface area contributed by atoms with Crippen molar-refractivity contribution in [2.45, 2.75) is 38.4 Å². The van der Waals surface area contributed by atoms with E-state index in [-0.39, 0.29) is 23.3 Å². The van der Waals surface area contributed by atoms with E-state index in [1.54, 1.807) is 22.8 Å². The third-order valence-corrected chi connectivity index (χ3v) is 5.83. The van der Waals surface area contributed by atoms with E-state index >= 15 is 0 Å². The first-order valence-corrected chi connectivity index (χ1v) is 10.6. The van der Waals surface area contributed by atoms with Crippen molar-refractivity contribution in [3.05, 3.63) is 45.3 Å². The predicted molar refractivity (Wildman–Crippen MR) is 117 cm³/mol. The lowest BCUT2D eigenvalue weighted by Crippen LogP contribution is -2.26. The number of carbonyl (C=O) groups excluding carboxylic acids is 1. The molecule has 3 aromatic rings. The second kappa shape index (κ2) is 8.92. The molecule has 0 fully saturated rings. The van der Waals surface area contributed by atoms with Crippen LogP contribution >= 0.6 is 23.4 Å². The number of methoxy groups -OCH3 is 1. The SMILES string of the molecule is CCC(C)n1c(SCC(=O)Nc2ccc(OC)c(Cl)c2)nc2cc(C)[nH]c2c1=O. The van der Waals surface area contributed by atoms with Gasteiger partial charge in [0.25, 0.3) is 5.56 Å². The van der Waals surface area contributed by atoms with Crippen LogP contribution < -0.4 is 15.6 Å². The van der Waals surface area contributed by atoms with Crippen molar-refractivity contribution in [3.8, 4) is 5.75 Å². The molecule has 0 bridgehead atoms. The van der Waals surface area contributed by atoms with Crippen molar-refractivity contribution in [1.82, 2.24) is 14.5 Å². The van der Waals surface area contributed by atoms with E-state index in [9.17, 15) is 9.59 Å². The largest absolute Gasteiger partial charge is 0.495 e. The zero-order valence-corrected chi connectivity index (χ0v) is 18.3. The minimum absolute atomic E-state index is 0.0334. The molecule has 2 N–H and O–H groups in total. The molecule has 1 aromatic carbocycles. The average Bonchev–Trinajstić information content (AvgIpc) is 3.06. The predicted octanol–water partition coefficient (Wildman–Crippen LogP) is 4.40. The molecule has 3 rings (SSSR count). The second-order valence-electron chi connectivity index (χ2n) is 6.73. The van der Waals surface area contributed by atoms with E-state index in [0.29, 0.717) is 32.6 Å². The number of rotatable bonds is 7. The van der Waals surface area contributed by atoms with Crippen LogP contribution in [-0.2, 0) is 4.79 Å². The first kappa shape index (κ1) is 21.3. The number of hydrogen-bond donors (Lipinski definition) is 2. The molecular weight excluding hydrogens is 412 g/mol. The summed E-state index contributed by atoms with van der Waals surface area (Å²) < 4.78 is 6.77. The van der Waals surface area contributed by atoms with Gasteiger partial charge in [0.1, 0.15) is 11.3 Å². The Bertz CT molecular complexity index is 1110. The van der Waals surface area contributed by atoms with Crippen LogP contribution in [0.3, 0.4) is 0 Å². The summed E-state index contributed by atoms with van der Waals surface area (Å²) in [5, 5.41) is 3.74. The van der Waals surface area contributed by atoms with Gasteiger partial charge in [-0.2, -0.15) is 0 Å². The molecule has 2 heterocycles. The van der Waals surface area contributed by atoms with Crippen LogP contribution in [0.25, 0.3) is 11.0 Å². The van der Waals surface area contributed by atoms with Gasteiger partial charge in [0.05, 0.1) is 23.4 Å². The lowest BCUT2D eigenvalue weighted by atomic mass is 10.2. The Kier molecular flexibility index (Phi) is 6.54. The van der Waals surface area contributed by atoms with Crippen LogP contribution in [0.5, 0.6) is 5.75 Å². The number of anilines is 1. The van der Waals surface area contributed by atoms with E-state index in [2.05, 4.69) is 15.3 Å². The first-order valence-electron chi connectivity index (χ1n) is 9.22. The number of amides is 1. The number of aromatic nitrogens is 3. The molecule has 0 spiro atoms. The van der Waals surface area contributed by atoms with E-state index in [4.69, 9.17) is 16.3 Å². The molecule has 1 unspecified atom stereocenters. The van der Waals surface area contributed by atoms with Crippen LogP contribution in [0.1, 0.15) is 32.0 Å². The third kappa shape index (κ3) is 4.59. The van der Waals surface area contributed by atoms with Crippen molar-refractivity contribution in [3.63, 3.8) is 0 Å². The van der Waals surface area contributed by atoms with Gasteiger partial charge in [0.15, 0.2) is 5.16 Å². The van der Waals surface area contributed by atoms with Crippen LogP contribution in [0.4, 0.5) is 5.69 Å². The first-order chi connectivity index (χ1) is 13.8. The number of halogens is 1. The summed E-state index contributed by atoms with van der Waals surface area (Å²) in [6.07, 6.45) is 0.775. The minimum Gasteiger partial charge on any atom is -0.495 e. The molecule has 0 saturated heterocycles. The summed E-state index contributed by atoms with van der Waals surface area (Å²) >= 11 is 7.34. The quantitative estimate of drug-likeness (QED) is 0.425. The van der Waals surface area contributed by atoms with Crippen LogP contribution in [0.2, 0.25) is 5.02 Å². The zero-order valence-electron chi connectivity index (χ0n) is 16.7. The summed E-state index contributed by atoms with van der Waals surface area (Å²) in [6.45, 7) is 5.86. The topological polar surface area (TPSA) is 89.0 Å². The van der Waals surface area contributed by atoms with Gasteiger partial charge in [-0.25, -0.2) is 4.98 Å². The van der Waals surface area contributed by atoms with E-state index in [1.807, 2.05) is 26.8 Å². The number of aryl methyl sites for hydroxylation is 1. The van der Waals surface area contributed by atoms with Gasteiger partial charge < -0.3 is 15.0 Å². The van der Waals surface area contributed by atoms with Crippen LogP contribution in [0, 0.1) is 6.92 Å². The Morgan fingerprint density at radius 2 is 2.17 bits per heavy atom. The number of carbonyl (C=O) groups is 1. The van der Waals surface area contributed by atoms with Crippen molar-refractivity contribution >= 4 is 46.0 Å². The molecular formula is C20H23ClN4O3S. The van der Waals surface area contributed by atoms with E-state index in [1.165, 1.54) is 18.9 Å². The summed E-state index contributed by atoms with van der Waals surface area (Å²) in [5.41, 5.74) is 2.42. The number of ether oxygens (including phenoxy) is 1. The normalized spacial score (nSPS) is 12.2. The Hall–Kier alpha value is -2.45. The fourth-order valence-electron chi connectivity index (χ4n) is 2.93. The number of benzene rings is 1. The number of H-pyrrole nitrogens is 1. The minimum atomic E-state index is -0.216. The van der Waals surface area contributed by atoms with Gasteiger partial charge in [-0.15, -0.1) is 0 Å². The highest BCUT2D eigenvalue weighted by Gasteiger charge is 2.18. The summed E-state index contributed by atoms with van der Waals surface area (Å²) in [5.74, 6) is 0.434. The lowest BCUT2D eigenvalue weighted by Gasteiger charge is -2.17. The van der Waals surface area contributed by atoms with Gasteiger partial charge in [-0.05, 0) is 44.5 Å². The molecule has 1 amide bonds.